The highest BCUT2D eigenvalue weighted by atomic mass is 79.9. The maximum Gasteiger partial charge on any atom is 0.129 e. The van der Waals surface area contributed by atoms with E-state index in [0.717, 1.165) is 28.8 Å². The van der Waals surface area contributed by atoms with Crippen LogP contribution < -0.4 is 5.32 Å². The number of hydrogen-bond acceptors (Lipinski definition) is 2. The predicted octanol–water partition coefficient (Wildman–Crippen LogP) is 3.78. The average molecular weight is 354 g/mol. The van der Waals surface area contributed by atoms with Crippen molar-refractivity contribution in [1.29, 1.82) is 0 Å². The minimum Gasteiger partial charge on any atom is -0.310 e. The topological polar surface area (TPSA) is 29.9 Å². The molecule has 0 bridgehead atoms. The quantitative estimate of drug-likeness (QED) is 0.856. The highest BCUT2D eigenvalue weighted by molar-refractivity contribution is 9.10. The van der Waals surface area contributed by atoms with Gasteiger partial charge in [0.1, 0.15) is 5.82 Å². The van der Waals surface area contributed by atoms with Gasteiger partial charge in [0.25, 0.3) is 0 Å². The van der Waals surface area contributed by atoms with Gasteiger partial charge in [0.2, 0.25) is 0 Å². The monoisotopic (exact) mass is 353 g/mol. The summed E-state index contributed by atoms with van der Waals surface area (Å²) in [7, 11) is 1.94. The van der Waals surface area contributed by atoms with E-state index >= 15 is 0 Å². The maximum atomic E-state index is 14.2. The highest BCUT2D eigenvalue weighted by Gasteiger charge is 2.20. The van der Waals surface area contributed by atoms with E-state index in [-0.39, 0.29) is 11.9 Å². The van der Waals surface area contributed by atoms with Gasteiger partial charge in [-0.1, -0.05) is 35.8 Å². The lowest BCUT2D eigenvalue weighted by atomic mass is 10.0. The molecule has 0 aliphatic rings. The molecule has 114 valence electrons. The van der Waals surface area contributed by atoms with Crippen LogP contribution in [0.25, 0.3) is 0 Å². The molecule has 0 spiro atoms. The molecular formula is C16H21BrFN3. The normalized spacial score (nSPS) is 12.6. The molecule has 0 aliphatic heterocycles. The van der Waals surface area contributed by atoms with Crippen LogP contribution >= 0.6 is 15.9 Å². The van der Waals surface area contributed by atoms with E-state index < -0.39 is 0 Å². The first-order valence-electron chi connectivity index (χ1n) is 7.25. The van der Waals surface area contributed by atoms with Crippen LogP contribution in [-0.2, 0) is 19.9 Å². The molecule has 0 saturated carbocycles. The Bertz CT molecular complexity index is 589. The molecule has 0 radical (unpaired) electrons. The summed E-state index contributed by atoms with van der Waals surface area (Å²) in [4.78, 5) is 0. The molecule has 1 N–H and O–H groups in total. The number of benzene rings is 1. The Kier molecular flexibility index (Phi) is 5.53. The van der Waals surface area contributed by atoms with E-state index in [2.05, 4.69) is 39.3 Å². The summed E-state index contributed by atoms with van der Waals surface area (Å²) in [5.41, 5.74) is 2.85. The number of nitrogens with one attached hydrogen (secondary N) is 1. The molecule has 21 heavy (non-hydrogen) atoms. The van der Waals surface area contributed by atoms with Crippen molar-refractivity contribution in [3.8, 4) is 0 Å². The molecule has 0 amide bonds. The Balaban J connectivity index is 2.33. The van der Waals surface area contributed by atoms with E-state index in [1.165, 1.54) is 6.07 Å². The third-order valence-corrected chi connectivity index (χ3v) is 4.29. The van der Waals surface area contributed by atoms with Gasteiger partial charge in [0.05, 0.1) is 5.69 Å². The Morgan fingerprint density at radius 2 is 2.14 bits per heavy atom. The number of likely N-dealkylation sites (N-methyl/N-ethyl adjacent to an activating group) is 1. The summed E-state index contributed by atoms with van der Waals surface area (Å²) < 4.78 is 16.9. The second-order valence-corrected chi connectivity index (χ2v) is 5.91. The molecule has 0 fully saturated rings. The van der Waals surface area contributed by atoms with Crippen molar-refractivity contribution in [1.82, 2.24) is 15.1 Å². The van der Waals surface area contributed by atoms with Crippen LogP contribution in [0.4, 0.5) is 4.39 Å². The maximum absolute atomic E-state index is 14.2. The SMILES string of the molecule is CCNC(Cc1cc(CC)nn1C)c1c(F)cccc1Br. The molecule has 3 nitrogen and oxygen atoms in total. The fourth-order valence-electron chi connectivity index (χ4n) is 2.51. The van der Waals surface area contributed by atoms with E-state index in [4.69, 9.17) is 0 Å². The summed E-state index contributed by atoms with van der Waals surface area (Å²) in [5, 5.41) is 7.84. The summed E-state index contributed by atoms with van der Waals surface area (Å²) >= 11 is 3.47. The van der Waals surface area contributed by atoms with Crippen molar-refractivity contribution in [3.05, 3.63) is 51.5 Å². The first kappa shape index (κ1) is 16.2. The van der Waals surface area contributed by atoms with Crippen molar-refractivity contribution in [2.24, 2.45) is 7.05 Å². The number of halogens is 2. The van der Waals surface area contributed by atoms with E-state index in [1.54, 1.807) is 6.07 Å². The van der Waals surface area contributed by atoms with Crippen LogP contribution in [0.3, 0.4) is 0 Å². The van der Waals surface area contributed by atoms with E-state index in [1.807, 2.05) is 24.7 Å². The van der Waals surface area contributed by atoms with Gasteiger partial charge in [0.15, 0.2) is 0 Å². The third kappa shape index (κ3) is 3.71. The smallest absolute Gasteiger partial charge is 0.129 e. The van der Waals surface area contributed by atoms with Crippen LogP contribution in [0, 0.1) is 5.82 Å². The minimum absolute atomic E-state index is 0.0781. The van der Waals surface area contributed by atoms with Gasteiger partial charge in [-0.2, -0.15) is 5.10 Å². The van der Waals surface area contributed by atoms with E-state index in [9.17, 15) is 4.39 Å². The van der Waals surface area contributed by atoms with Gasteiger partial charge in [-0.25, -0.2) is 4.39 Å². The number of rotatable bonds is 6. The lowest BCUT2D eigenvalue weighted by molar-refractivity contribution is 0.495. The van der Waals surface area contributed by atoms with Crippen LogP contribution in [0.1, 0.15) is 36.8 Å². The Hall–Kier alpha value is -1.20. The molecule has 1 unspecified atom stereocenters. The second kappa shape index (κ2) is 7.18. The molecule has 0 aliphatic carbocycles. The predicted molar refractivity (Wildman–Crippen MR) is 86.8 cm³/mol. The minimum atomic E-state index is -0.187. The van der Waals surface area contributed by atoms with Gasteiger partial charge in [0, 0.05) is 35.2 Å². The molecule has 1 atom stereocenters. The largest absolute Gasteiger partial charge is 0.310 e. The lowest BCUT2D eigenvalue weighted by Gasteiger charge is -2.20. The molecule has 5 heteroatoms. The van der Waals surface area contributed by atoms with Crippen molar-refractivity contribution in [3.63, 3.8) is 0 Å². The number of hydrogen-bond donors (Lipinski definition) is 1. The summed E-state index contributed by atoms with van der Waals surface area (Å²) in [6, 6.07) is 7.12. The van der Waals surface area contributed by atoms with Gasteiger partial charge in [-0.15, -0.1) is 0 Å². The van der Waals surface area contributed by atoms with Gasteiger partial charge in [-0.05, 0) is 31.2 Å². The molecule has 0 saturated heterocycles. The molecule has 2 rings (SSSR count). The zero-order chi connectivity index (χ0) is 15.4. The van der Waals surface area contributed by atoms with Gasteiger partial charge in [-0.3, -0.25) is 4.68 Å². The van der Waals surface area contributed by atoms with Gasteiger partial charge >= 0.3 is 0 Å². The first-order chi connectivity index (χ1) is 10.1. The fraction of sp³-hybridized carbons (Fsp3) is 0.438. The molecule has 1 aromatic heterocycles. The van der Waals surface area contributed by atoms with Crippen LogP contribution in [0.15, 0.2) is 28.7 Å². The Labute approximate surface area is 133 Å². The number of aryl methyl sites for hydroxylation is 2. The fourth-order valence-corrected chi connectivity index (χ4v) is 3.13. The Morgan fingerprint density at radius 3 is 2.71 bits per heavy atom. The molecule has 1 heterocycles. The lowest BCUT2D eigenvalue weighted by Crippen LogP contribution is -2.25. The van der Waals surface area contributed by atoms with E-state index in [0.29, 0.717) is 12.0 Å². The number of aromatic nitrogens is 2. The van der Waals surface area contributed by atoms with Crippen molar-refractivity contribution >= 4 is 15.9 Å². The van der Waals surface area contributed by atoms with Crippen LogP contribution in [-0.4, -0.2) is 16.3 Å². The third-order valence-electron chi connectivity index (χ3n) is 3.60. The highest BCUT2D eigenvalue weighted by Crippen LogP contribution is 2.28. The average Bonchev–Trinajstić information content (AvgIpc) is 2.79. The summed E-state index contributed by atoms with van der Waals surface area (Å²) in [6.45, 7) is 4.90. The van der Waals surface area contributed by atoms with Gasteiger partial charge < -0.3 is 5.32 Å². The second-order valence-electron chi connectivity index (χ2n) is 5.05. The van der Waals surface area contributed by atoms with Crippen molar-refractivity contribution < 1.29 is 4.39 Å². The Morgan fingerprint density at radius 1 is 1.38 bits per heavy atom. The zero-order valence-corrected chi connectivity index (χ0v) is 14.2. The van der Waals surface area contributed by atoms with Crippen molar-refractivity contribution in [2.75, 3.05) is 6.54 Å². The first-order valence-corrected chi connectivity index (χ1v) is 8.05. The summed E-state index contributed by atoms with van der Waals surface area (Å²) in [5.74, 6) is -0.187. The van der Waals surface area contributed by atoms with Crippen LogP contribution in [0.5, 0.6) is 0 Å². The van der Waals surface area contributed by atoms with Crippen molar-refractivity contribution in [2.45, 2.75) is 32.7 Å². The standard InChI is InChI=1S/C16H21BrFN3/c1-4-11-9-12(21(3)20-11)10-15(19-5-2)16-13(17)7-6-8-14(16)18/h6-9,15,19H,4-5,10H2,1-3H3. The zero-order valence-electron chi connectivity index (χ0n) is 12.7. The molecule has 1 aromatic carbocycles. The summed E-state index contributed by atoms with van der Waals surface area (Å²) in [6.07, 6.45) is 1.61. The molecule has 2 aromatic rings. The van der Waals surface area contributed by atoms with Crippen LogP contribution in [0.2, 0.25) is 0 Å². The molecular weight excluding hydrogens is 333 g/mol. The number of nitrogens with zero attached hydrogens (tertiary/aromatic N) is 2.